The molecule has 0 radical (unpaired) electrons. The van der Waals surface area contributed by atoms with Gasteiger partial charge in [-0.25, -0.2) is 0 Å². The smallest absolute Gasteiger partial charge is 0.325 e. The first-order chi connectivity index (χ1) is 5.89. The fraction of sp³-hybridized carbons (Fsp3) is 0.556. The molecule has 0 unspecified atom stereocenters. The first-order valence-corrected chi connectivity index (χ1v) is 4.14. The number of carboxylic acid groups (broad SMARTS) is 1. The maximum absolute atomic E-state index is 10.4. The van der Waals surface area contributed by atoms with Gasteiger partial charge in [0.1, 0.15) is 6.54 Å². The molecule has 1 N–H and O–H groups in total. The molecule has 4 heteroatoms. The van der Waals surface area contributed by atoms with Crippen LogP contribution in [0.5, 0.6) is 0 Å². The standard InChI is InChI=1S/C9H14N2O2/c1-9(2,3)7-4-10-11(5-7)6-8(12)13/h4-5H,6H2,1-3H3,(H,12,13). The zero-order valence-corrected chi connectivity index (χ0v) is 8.11. The van der Waals surface area contributed by atoms with E-state index < -0.39 is 5.97 Å². The van der Waals surface area contributed by atoms with Gasteiger partial charge in [0.05, 0.1) is 6.20 Å². The molecule has 0 fully saturated rings. The molecule has 0 aromatic carbocycles. The van der Waals surface area contributed by atoms with Crippen molar-refractivity contribution in [3.63, 3.8) is 0 Å². The Bertz CT molecular complexity index is 310. The van der Waals surface area contributed by atoms with Gasteiger partial charge in [-0.1, -0.05) is 20.8 Å². The van der Waals surface area contributed by atoms with E-state index in [2.05, 4.69) is 25.9 Å². The van der Waals surface area contributed by atoms with E-state index in [0.29, 0.717) is 0 Å². The third kappa shape index (κ3) is 2.57. The lowest BCUT2D eigenvalue weighted by Crippen LogP contribution is -2.11. The summed E-state index contributed by atoms with van der Waals surface area (Å²) in [5.41, 5.74) is 1.07. The Morgan fingerprint density at radius 2 is 2.23 bits per heavy atom. The summed E-state index contributed by atoms with van der Waals surface area (Å²) in [6, 6.07) is 0. The van der Waals surface area contributed by atoms with Crippen molar-refractivity contribution in [2.45, 2.75) is 32.7 Å². The highest BCUT2D eigenvalue weighted by atomic mass is 16.4. The first-order valence-electron chi connectivity index (χ1n) is 4.14. The maximum atomic E-state index is 10.4. The zero-order valence-electron chi connectivity index (χ0n) is 8.11. The lowest BCUT2D eigenvalue weighted by Gasteiger charge is -2.14. The first kappa shape index (κ1) is 9.77. The molecule has 72 valence electrons. The second-order valence-electron chi connectivity index (χ2n) is 4.07. The molecule has 0 spiro atoms. The zero-order chi connectivity index (χ0) is 10.1. The molecule has 1 aromatic rings. The van der Waals surface area contributed by atoms with Gasteiger partial charge in [0.15, 0.2) is 0 Å². The number of carboxylic acids is 1. The number of aromatic nitrogens is 2. The van der Waals surface area contributed by atoms with Crippen LogP contribution in [0, 0.1) is 0 Å². The number of aliphatic carboxylic acids is 1. The van der Waals surface area contributed by atoms with E-state index >= 15 is 0 Å². The van der Waals surface area contributed by atoms with Gasteiger partial charge >= 0.3 is 5.97 Å². The van der Waals surface area contributed by atoms with Crippen molar-refractivity contribution in [1.29, 1.82) is 0 Å². The molecular formula is C9H14N2O2. The molecule has 0 saturated heterocycles. The molecule has 0 amide bonds. The van der Waals surface area contributed by atoms with Crippen LogP contribution in [0.25, 0.3) is 0 Å². The average molecular weight is 182 g/mol. The summed E-state index contributed by atoms with van der Waals surface area (Å²) < 4.78 is 1.43. The Hall–Kier alpha value is -1.32. The number of rotatable bonds is 2. The molecule has 0 bridgehead atoms. The predicted molar refractivity (Wildman–Crippen MR) is 48.6 cm³/mol. The van der Waals surface area contributed by atoms with Gasteiger partial charge in [-0.15, -0.1) is 0 Å². The normalized spacial score (nSPS) is 11.6. The van der Waals surface area contributed by atoms with Crippen molar-refractivity contribution < 1.29 is 9.90 Å². The van der Waals surface area contributed by atoms with Gasteiger partial charge in [0.2, 0.25) is 0 Å². The van der Waals surface area contributed by atoms with Crippen molar-refractivity contribution in [2.24, 2.45) is 0 Å². The van der Waals surface area contributed by atoms with E-state index in [1.807, 2.05) is 0 Å². The predicted octanol–water partition coefficient (Wildman–Crippen LogP) is 1.27. The third-order valence-corrected chi connectivity index (χ3v) is 1.80. The number of carbonyl (C=O) groups is 1. The highest BCUT2D eigenvalue weighted by molar-refractivity contribution is 5.66. The average Bonchev–Trinajstić information content (AvgIpc) is 2.32. The Morgan fingerprint density at radius 3 is 2.62 bits per heavy atom. The van der Waals surface area contributed by atoms with Crippen LogP contribution in [-0.2, 0) is 16.8 Å². The van der Waals surface area contributed by atoms with E-state index in [-0.39, 0.29) is 12.0 Å². The van der Waals surface area contributed by atoms with Crippen LogP contribution in [-0.4, -0.2) is 20.9 Å². The van der Waals surface area contributed by atoms with Gasteiger partial charge in [0.25, 0.3) is 0 Å². The summed E-state index contributed by atoms with van der Waals surface area (Å²) >= 11 is 0. The second kappa shape index (κ2) is 3.20. The Labute approximate surface area is 77.2 Å². The molecule has 0 saturated carbocycles. The van der Waals surface area contributed by atoms with Crippen molar-refractivity contribution in [3.8, 4) is 0 Å². The third-order valence-electron chi connectivity index (χ3n) is 1.80. The molecule has 4 nitrogen and oxygen atoms in total. The lowest BCUT2D eigenvalue weighted by atomic mass is 9.90. The van der Waals surface area contributed by atoms with Crippen LogP contribution < -0.4 is 0 Å². The van der Waals surface area contributed by atoms with Crippen LogP contribution in [0.3, 0.4) is 0 Å². The maximum Gasteiger partial charge on any atom is 0.325 e. The van der Waals surface area contributed by atoms with E-state index in [0.717, 1.165) is 5.56 Å². The number of hydrogen-bond acceptors (Lipinski definition) is 2. The molecule has 1 rings (SSSR count). The van der Waals surface area contributed by atoms with E-state index in [1.54, 1.807) is 12.4 Å². The van der Waals surface area contributed by atoms with Gasteiger partial charge < -0.3 is 5.11 Å². The number of nitrogens with zero attached hydrogens (tertiary/aromatic N) is 2. The quantitative estimate of drug-likeness (QED) is 0.749. The van der Waals surface area contributed by atoms with E-state index in [4.69, 9.17) is 5.11 Å². The van der Waals surface area contributed by atoms with Gasteiger partial charge in [-0.2, -0.15) is 5.10 Å². The Morgan fingerprint density at radius 1 is 1.62 bits per heavy atom. The highest BCUT2D eigenvalue weighted by Gasteiger charge is 2.15. The molecule has 1 heterocycles. The lowest BCUT2D eigenvalue weighted by molar-refractivity contribution is -0.137. The summed E-state index contributed by atoms with van der Waals surface area (Å²) in [6.45, 7) is 6.12. The molecule has 0 aliphatic carbocycles. The summed E-state index contributed by atoms with van der Waals surface area (Å²) in [5.74, 6) is -0.872. The highest BCUT2D eigenvalue weighted by Crippen LogP contribution is 2.20. The Kier molecular flexibility index (Phi) is 2.40. The fourth-order valence-electron chi connectivity index (χ4n) is 0.976. The SMILES string of the molecule is CC(C)(C)c1cnn(CC(=O)O)c1. The van der Waals surface area contributed by atoms with Crippen molar-refractivity contribution in [3.05, 3.63) is 18.0 Å². The Balaban J connectivity index is 2.81. The van der Waals surface area contributed by atoms with Gasteiger partial charge in [0, 0.05) is 6.20 Å². The van der Waals surface area contributed by atoms with Crippen LogP contribution in [0.1, 0.15) is 26.3 Å². The monoisotopic (exact) mass is 182 g/mol. The molecule has 0 aliphatic rings. The van der Waals surface area contributed by atoms with Crippen molar-refractivity contribution in [1.82, 2.24) is 9.78 Å². The minimum absolute atomic E-state index is 0.0246. The van der Waals surface area contributed by atoms with Gasteiger partial charge in [-0.05, 0) is 11.0 Å². The van der Waals surface area contributed by atoms with Crippen LogP contribution in [0.2, 0.25) is 0 Å². The van der Waals surface area contributed by atoms with Crippen LogP contribution in [0.15, 0.2) is 12.4 Å². The van der Waals surface area contributed by atoms with E-state index in [1.165, 1.54) is 4.68 Å². The van der Waals surface area contributed by atoms with Crippen molar-refractivity contribution >= 4 is 5.97 Å². The van der Waals surface area contributed by atoms with Gasteiger partial charge in [-0.3, -0.25) is 9.48 Å². The minimum atomic E-state index is -0.872. The van der Waals surface area contributed by atoms with Crippen LogP contribution >= 0.6 is 0 Å². The molecule has 0 aliphatic heterocycles. The summed E-state index contributed by atoms with van der Waals surface area (Å²) in [4.78, 5) is 10.4. The largest absolute Gasteiger partial charge is 0.480 e. The minimum Gasteiger partial charge on any atom is -0.480 e. The summed E-state index contributed by atoms with van der Waals surface area (Å²) in [7, 11) is 0. The van der Waals surface area contributed by atoms with Crippen LogP contribution in [0.4, 0.5) is 0 Å². The topological polar surface area (TPSA) is 55.1 Å². The number of hydrogen-bond donors (Lipinski definition) is 1. The summed E-state index contributed by atoms with van der Waals surface area (Å²) in [6.07, 6.45) is 3.48. The molecule has 13 heavy (non-hydrogen) atoms. The molecule has 0 atom stereocenters. The van der Waals surface area contributed by atoms with E-state index in [9.17, 15) is 4.79 Å². The summed E-state index contributed by atoms with van der Waals surface area (Å²) in [5, 5.41) is 12.5. The fourth-order valence-corrected chi connectivity index (χ4v) is 0.976. The second-order valence-corrected chi connectivity index (χ2v) is 4.07. The molecule has 1 aromatic heterocycles. The van der Waals surface area contributed by atoms with Crippen molar-refractivity contribution in [2.75, 3.05) is 0 Å². The molecular weight excluding hydrogens is 168 g/mol.